The summed E-state index contributed by atoms with van der Waals surface area (Å²) in [6, 6.07) is 7.05. The number of ether oxygens (including phenoxy) is 1. The van der Waals surface area contributed by atoms with Crippen molar-refractivity contribution in [3.8, 4) is 5.75 Å². The molecule has 1 aliphatic rings. The van der Waals surface area contributed by atoms with Crippen molar-refractivity contribution in [1.82, 2.24) is 10.2 Å². The van der Waals surface area contributed by atoms with Crippen LogP contribution in [0, 0.1) is 11.8 Å². The van der Waals surface area contributed by atoms with Gasteiger partial charge in [-0.1, -0.05) is 25.4 Å². The maximum Gasteiger partial charge on any atom is 0.263 e. The van der Waals surface area contributed by atoms with Crippen LogP contribution in [-0.4, -0.2) is 42.6 Å². The van der Waals surface area contributed by atoms with Gasteiger partial charge in [0.15, 0.2) is 5.60 Å². The average Bonchev–Trinajstić information content (AvgIpc) is 2.48. The molecule has 0 aromatic heterocycles. The minimum absolute atomic E-state index is 0.101. The predicted octanol–water partition coefficient (Wildman–Crippen LogP) is 3.59. The zero-order valence-electron chi connectivity index (χ0n) is 15.1. The first kappa shape index (κ1) is 19.1. The quantitative estimate of drug-likeness (QED) is 0.850. The second-order valence-electron chi connectivity index (χ2n) is 7.53. The number of hydrogen-bond acceptors (Lipinski definition) is 3. The zero-order chi connectivity index (χ0) is 17.7. The van der Waals surface area contributed by atoms with Crippen LogP contribution in [0.5, 0.6) is 5.75 Å². The number of likely N-dealkylation sites (tertiary alicyclic amines) is 1. The van der Waals surface area contributed by atoms with Crippen LogP contribution in [0.3, 0.4) is 0 Å². The van der Waals surface area contributed by atoms with Crippen molar-refractivity contribution in [2.75, 3.05) is 26.2 Å². The Morgan fingerprint density at radius 1 is 1.25 bits per heavy atom. The molecule has 1 amide bonds. The van der Waals surface area contributed by atoms with Crippen LogP contribution in [0.2, 0.25) is 5.02 Å². The summed E-state index contributed by atoms with van der Waals surface area (Å²) < 4.78 is 5.81. The Bertz CT molecular complexity index is 535. The highest BCUT2D eigenvalue weighted by molar-refractivity contribution is 6.30. The van der Waals surface area contributed by atoms with Crippen molar-refractivity contribution in [3.63, 3.8) is 0 Å². The lowest BCUT2D eigenvalue weighted by molar-refractivity contribution is -0.134. The van der Waals surface area contributed by atoms with E-state index in [1.54, 1.807) is 38.1 Å². The number of rotatable bonds is 6. The lowest BCUT2D eigenvalue weighted by Gasteiger charge is -2.35. The van der Waals surface area contributed by atoms with Crippen molar-refractivity contribution < 1.29 is 9.53 Å². The van der Waals surface area contributed by atoms with Gasteiger partial charge in [0.05, 0.1) is 0 Å². The minimum Gasteiger partial charge on any atom is -0.478 e. The molecule has 0 unspecified atom stereocenters. The topological polar surface area (TPSA) is 41.6 Å². The molecule has 0 spiro atoms. The fraction of sp³-hybridized carbons (Fsp3) is 0.632. The number of carbonyl (C=O) groups is 1. The number of carbonyl (C=O) groups excluding carboxylic acids is 1. The molecular formula is C19H29ClN2O2. The Labute approximate surface area is 150 Å². The van der Waals surface area contributed by atoms with Crippen LogP contribution < -0.4 is 10.1 Å². The van der Waals surface area contributed by atoms with Crippen LogP contribution in [0.1, 0.15) is 34.1 Å². The summed E-state index contributed by atoms with van der Waals surface area (Å²) in [5, 5.41) is 3.65. The van der Waals surface area contributed by atoms with E-state index >= 15 is 0 Å². The first-order valence-corrected chi connectivity index (χ1v) is 9.09. The van der Waals surface area contributed by atoms with Crippen molar-refractivity contribution in [3.05, 3.63) is 29.3 Å². The molecule has 0 bridgehead atoms. The molecule has 1 aromatic rings. The number of amides is 1. The first-order chi connectivity index (χ1) is 11.3. The molecule has 4 nitrogen and oxygen atoms in total. The van der Waals surface area contributed by atoms with E-state index in [1.807, 2.05) is 0 Å². The summed E-state index contributed by atoms with van der Waals surface area (Å²) in [5.41, 5.74) is -0.920. The summed E-state index contributed by atoms with van der Waals surface area (Å²) in [7, 11) is 0. The largest absolute Gasteiger partial charge is 0.478 e. The van der Waals surface area contributed by atoms with Crippen molar-refractivity contribution in [2.45, 2.75) is 39.7 Å². The lowest BCUT2D eigenvalue weighted by Crippen LogP contribution is -2.49. The lowest BCUT2D eigenvalue weighted by atomic mass is 9.92. The fourth-order valence-corrected chi connectivity index (χ4v) is 3.48. The van der Waals surface area contributed by atoms with Gasteiger partial charge in [-0.25, -0.2) is 0 Å². The third kappa shape index (κ3) is 5.67. The average molecular weight is 353 g/mol. The Kier molecular flexibility index (Phi) is 6.53. The van der Waals surface area contributed by atoms with E-state index in [0.717, 1.165) is 31.5 Å². The second-order valence-corrected chi connectivity index (χ2v) is 7.96. The Morgan fingerprint density at radius 2 is 1.83 bits per heavy atom. The highest BCUT2D eigenvalue weighted by atomic mass is 35.5. The molecule has 0 saturated carbocycles. The SMILES string of the molecule is C[C@@H]1C[C@@H](C)CN(CCNC(=O)C(C)(C)Oc2ccc(Cl)cc2)C1. The van der Waals surface area contributed by atoms with E-state index in [1.165, 1.54) is 6.42 Å². The number of nitrogens with zero attached hydrogens (tertiary/aromatic N) is 1. The summed E-state index contributed by atoms with van der Waals surface area (Å²) in [6.07, 6.45) is 1.30. The Morgan fingerprint density at radius 3 is 2.42 bits per heavy atom. The highest BCUT2D eigenvalue weighted by Gasteiger charge is 2.30. The third-order valence-corrected chi connectivity index (χ3v) is 4.64. The molecule has 0 aliphatic carbocycles. The second kappa shape index (κ2) is 8.21. The number of piperidine rings is 1. The molecular weight excluding hydrogens is 324 g/mol. The van der Waals surface area contributed by atoms with Crippen LogP contribution in [0.4, 0.5) is 0 Å². The van der Waals surface area contributed by atoms with Gasteiger partial charge in [-0.05, 0) is 56.4 Å². The van der Waals surface area contributed by atoms with E-state index in [9.17, 15) is 4.79 Å². The van der Waals surface area contributed by atoms with Crippen molar-refractivity contribution in [1.29, 1.82) is 0 Å². The molecule has 24 heavy (non-hydrogen) atoms. The molecule has 0 radical (unpaired) electrons. The van der Waals surface area contributed by atoms with E-state index in [-0.39, 0.29) is 5.91 Å². The van der Waals surface area contributed by atoms with Gasteiger partial charge in [-0.3, -0.25) is 4.79 Å². The Balaban J connectivity index is 1.79. The molecule has 1 aliphatic heterocycles. The van der Waals surface area contributed by atoms with Gasteiger partial charge in [0, 0.05) is 31.2 Å². The fourth-order valence-electron chi connectivity index (χ4n) is 3.36. The molecule has 134 valence electrons. The van der Waals surface area contributed by atoms with Gasteiger partial charge in [0.2, 0.25) is 0 Å². The van der Waals surface area contributed by atoms with E-state index in [2.05, 4.69) is 24.1 Å². The monoisotopic (exact) mass is 352 g/mol. The molecule has 1 heterocycles. The van der Waals surface area contributed by atoms with E-state index in [0.29, 0.717) is 17.3 Å². The first-order valence-electron chi connectivity index (χ1n) is 8.71. The third-order valence-electron chi connectivity index (χ3n) is 4.39. The summed E-state index contributed by atoms with van der Waals surface area (Å²) in [6.45, 7) is 11.9. The van der Waals surface area contributed by atoms with Crippen LogP contribution >= 0.6 is 11.6 Å². The van der Waals surface area contributed by atoms with Crippen LogP contribution in [0.15, 0.2) is 24.3 Å². The zero-order valence-corrected chi connectivity index (χ0v) is 15.9. The number of nitrogens with one attached hydrogen (secondary N) is 1. The van der Waals surface area contributed by atoms with Crippen molar-refractivity contribution >= 4 is 17.5 Å². The molecule has 2 rings (SSSR count). The van der Waals surface area contributed by atoms with E-state index in [4.69, 9.17) is 16.3 Å². The molecule has 5 heteroatoms. The molecule has 1 fully saturated rings. The minimum atomic E-state index is -0.920. The maximum atomic E-state index is 12.4. The predicted molar refractivity (Wildman–Crippen MR) is 98.6 cm³/mol. The number of hydrogen-bond donors (Lipinski definition) is 1. The number of benzene rings is 1. The molecule has 2 atom stereocenters. The smallest absolute Gasteiger partial charge is 0.263 e. The van der Waals surface area contributed by atoms with Gasteiger partial charge >= 0.3 is 0 Å². The summed E-state index contributed by atoms with van der Waals surface area (Å²) in [4.78, 5) is 14.9. The van der Waals surface area contributed by atoms with Crippen LogP contribution in [-0.2, 0) is 4.79 Å². The van der Waals surface area contributed by atoms with Gasteiger partial charge in [0.1, 0.15) is 5.75 Å². The number of halogens is 1. The summed E-state index contributed by atoms with van der Waals surface area (Å²) in [5.74, 6) is 2.00. The van der Waals surface area contributed by atoms with Gasteiger partial charge in [0.25, 0.3) is 5.91 Å². The van der Waals surface area contributed by atoms with Crippen molar-refractivity contribution in [2.24, 2.45) is 11.8 Å². The van der Waals surface area contributed by atoms with Gasteiger partial charge < -0.3 is 15.0 Å². The summed E-state index contributed by atoms with van der Waals surface area (Å²) >= 11 is 5.87. The van der Waals surface area contributed by atoms with Crippen LogP contribution in [0.25, 0.3) is 0 Å². The van der Waals surface area contributed by atoms with Gasteiger partial charge in [-0.15, -0.1) is 0 Å². The normalized spacial score (nSPS) is 22.2. The van der Waals surface area contributed by atoms with Gasteiger partial charge in [-0.2, -0.15) is 0 Å². The maximum absolute atomic E-state index is 12.4. The Hall–Kier alpha value is -1.26. The molecule has 1 N–H and O–H groups in total. The van der Waals surface area contributed by atoms with E-state index < -0.39 is 5.60 Å². The highest BCUT2D eigenvalue weighted by Crippen LogP contribution is 2.22. The molecule has 1 aromatic carbocycles. The standard InChI is InChI=1S/C19H29ClN2O2/c1-14-11-15(2)13-22(12-14)10-9-21-18(23)19(3,4)24-17-7-5-16(20)6-8-17/h5-8,14-15H,9-13H2,1-4H3,(H,21,23)/t14-,15-/m1/s1. The molecule has 1 saturated heterocycles.